The van der Waals surface area contributed by atoms with Crippen molar-refractivity contribution in [1.29, 1.82) is 5.26 Å². The third-order valence-electron chi connectivity index (χ3n) is 5.39. The lowest BCUT2D eigenvalue weighted by atomic mass is 9.83. The number of hydrogen-bond donors (Lipinski definition) is 2. The Morgan fingerprint density at radius 2 is 2.24 bits per heavy atom. The van der Waals surface area contributed by atoms with Gasteiger partial charge in [0.15, 0.2) is 0 Å². The molecule has 0 radical (unpaired) electrons. The smallest absolute Gasteiger partial charge is 0.141 e. The topological polar surface area (TPSA) is 51.1 Å². The average molecular weight is 357 g/mol. The van der Waals surface area contributed by atoms with E-state index in [4.69, 9.17) is 11.6 Å². The molecule has 0 aliphatic carbocycles. The van der Waals surface area contributed by atoms with Gasteiger partial charge in [0.05, 0.1) is 16.3 Å². The number of nitrogens with one attached hydrogen (secondary N) is 2. The number of hydrogen-bond acceptors (Lipinski definition) is 4. The van der Waals surface area contributed by atoms with E-state index in [9.17, 15) is 9.65 Å². The van der Waals surface area contributed by atoms with Gasteiger partial charge in [-0.15, -0.1) is 0 Å². The number of para-hydroxylation sites is 1. The lowest BCUT2D eigenvalue weighted by Gasteiger charge is -2.46. The molecular weight excluding hydrogens is 339 g/mol. The van der Waals surface area contributed by atoms with Gasteiger partial charge in [-0.2, -0.15) is 5.26 Å². The fourth-order valence-corrected chi connectivity index (χ4v) is 4.38. The Kier molecular flexibility index (Phi) is 3.82. The molecule has 0 unspecified atom stereocenters. The molecule has 25 heavy (non-hydrogen) atoms. The first-order valence-corrected chi connectivity index (χ1v) is 8.65. The molecule has 1 fully saturated rings. The molecule has 0 bridgehead atoms. The quantitative estimate of drug-likeness (QED) is 0.861. The Hall–Kier alpha value is -2.29. The maximum absolute atomic E-state index is 13.5. The molecule has 0 spiro atoms. The van der Waals surface area contributed by atoms with Gasteiger partial charge in [0.1, 0.15) is 17.5 Å². The first-order chi connectivity index (χ1) is 12.1. The van der Waals surface area contributed by atoms with Crippen LogP contribution in [0.25, 0.3) is 0 Å². The summed E-state index contributed by atoms with van der Waals surface area (Å²) < 4.78 is 13.5. The number of benzene rings is 2. The molecule has 2 aromatic carbocycles. The van der Waals surface area contributed by atoms with Gasteiger partial charge in [-0.1, -0.05) is 23.7 Å². The highest BCUT2D eigenvalue weighted by Crippen LogP contribution is 2.51. The zero-order chi connectivity index (χ0) is 17.6. The van der Waals surface area contributed by atoms with Gasteiger partial charge in [0.25, 0.3) is 0 Å². The monoisotopic (exact) mass is 356 g/mol. The van der Waals surface area contributed by atoms with Crippen molar-refractivity contribution in [3.63, 3.8) is 0 Å². The van der Waals surface area contributed by atoms with Gasteiger partial charge in [-0.25, -0.2) is 4.39 Å². The first kappa shape index (κ1) is 16.2. The minimum atomic E-state index is -0.429. The van der Waals surface area contributed by atoms with Crippen LogP contribution in [-0.4, -0.2) is 25.8 Å². The summed E-state index contributed by atoms with van der Waals surface area (Å²) in [5.41, 5.74) is 3.21. The average Bonchev–Trinajstić information content (AvgIpc) is 2.88. The van der Waals surface area contributed by atoms with Crippen molar-refractivity contribution in [1.82, 2.24) is 5.32 Å². The molecular formula is C19H18ClFN4. The van der Waals surface area contributed by atoms with Crippen molar-refractivity contribution in [2.24, 2.45) is 0 Å². The zero-order valence-corrected chi connectivity index (χ0v) is 14.6. The summed E-state index contributed by atoms with van der Waals surface area (Å²) in [7, 11) is 2.02. The molecule has 6 heteroatoms. The lowest BCUT2D eigenvalue weighted by Crippen LogP contribution is -2.59. The summed E-state index contributed by atoms with van der Waals surface area (Å²) in [5, 5.41) is 16.7. The number of fused-ring (bicyclic) bond motifs is 3. The molecule has 2 aliphatic heterocycles. The molecule has 1 saturated heterocycles. The molecule has 2 aromatic rings. The Balaban J connectivity index is 1.81. The molecule has 4 nitrogen and oxygen atoms in total. The van der Waals surface area contributed by atoms with Crippen molar-refractivity contribution < 1.29 is 4.39 Å². The minimum Gasteiger partial charge on any atom is -0.362 e. The van der Waals surface area contributed by atoms with Crippen LogP contribution >= 0.6 is 11.6 Å². The largest absolute Gasteiger partial charge is 0.362 e. The third kappa shape index (κ3) is 2.37. The van der Waals surface area contributed by atoms with E-state index < -0.39 is 5.82 Å². The second kappa shape index (κ2) is 5.91. The lowest BCUT2D eigenvalue weighted by molar-refractivity contribution is 0.309. The van der Waals surface area contributed by atoms with E-state index >= 15 is 0 Å². The summed E-state index contributed by atoms with van der Waals surface area (Å²) in [4.78, 5) is 2.17. The Labute approximate surface area is 151 Å². The van der Waals surface area contributed by atoms with Crippen LogP contribution in [0, 0.1) is 17.1 Å². The number of rotatable bonds is 2. The summed E-state index contributed by atoms with van der Waals surface area (Å²) in [6.45, 7) is 1.67. The van der Waals surface area contributed by atoms with Gasteiger partial charge < -0.3 is 15.5 Å². The van der Waals surface area contributed by atoms with Crippen molar-refractivity contribution in [2.75, 3.05) is 30.4 Å². The zero-order valence-electron chi connectivity index (χ0n) is 13.8. The van der Waals surface area contributed by atoms with Crippen molar-refractivity contribution >= 4 is 23.0 Å². The summed E-state index contributed by atoms with van der Waals surface area (Å²) in [5.74, 6) is -0.250. The number of halogens is 2. The SMILES string of the molecule is CN1c2c(C#N)cccc2[C@@H]2CNCC[C@@]21Nc1ccc(F)c(Cl)c1. The van der Waals surface area contributed by atoms with E-state index in [1.807, 2.05) is 19.2 Å². The molecule has 0 aromatic heterocycles. The Morgan fingerprint density at radius 3 is 3.00 bits per heavy atom. The van der Waals surface area contributed by atoms with Crippen LogP contribution < -0.4 is 15.5 Å². The van der Waals surface area contributed by atoms with Crippen LogP contribution in [0.2, 0.25) is 5.02 Å². The van der Waals surface area contributed by atoms with Crippen LogP contribution in [0.4, 0.5) is 15.8 Å². The molecule has 0 saturated carbocycles. The van der Waals surface area contributed by atoms with Crippen LogP contribution in [-0.2, 0) is 0 Å². The Bertz CT molecular complexity index is 878. The van der Waals surface area contributed by atoms with Crippen LogP contribution in [0.15, 0.2) is 36.4 Å². The molecule has 2 atom stereocenters. The highest BCUT2D eigenvalue weighted by Gasteiger charge is 2.52. The molecule has 128 valence electrons. The fourth-order valence-electron chi connectivity index (χ4n) is 4.20. The number of nitrogens with zero attached hydrogens (tertiary/aromatic N) is 2. The molecule has 0 amide bonds. The van der Waals surface area contributed by atoms with Crippen LogP contribution in [0.1, 0.15) is 23.5 Å². The maximum Gasteiger partial charge on any atom is 0.141 e. The van der Waals surface area contributed by atoms with Crippen LogP contribution in [0.5, 0.6) is 0 Å². The number of piperidine rings is 1. The highest BCUT2D eigenvalue weighted by molar-refractivity contribution is 6.31. The van der Waals surface area contributed by atoms with E-state index in [0.29, 0.717) is 5.56 Å². The number of nitriles is 1. The predicted molar refractivity (Wildman–Crippen MR) is 97.6 cm³/mol. The molecule has 4 rings (SSSR count). The summed E-state index contributed by atoms with van der Waals surface area (Å²) in [6.07, 6.45) is 0.850. The van der Waals surface area contributed by atoms with E-state index in [1.165, 1.54) is 6.07 Å². The van der Waals surface area contributed by atoms with Crippen molar-refractivity contribution in [2.45, 2.75) is 18.0 Å². The first-order valence-electron chi connectivity index (χ1n) is 8.27. The van der Waals surface area contributed by atoms with Gasteiger partial charge >= 0.3 is 0 Å². The van der Waals surface area contributed by atoms with Gasteiger partial charge in [-0.05, 0) is 36.4 Å². The summed E-state index contributed by atoms with van der Waals surface area (Å²) >= 11 is 5.96. The minimum absolute atomic E-state index is 0.0998. The third-order valence-corrected chi connectivity index (χ3v) is 5.67. The van der Waals surface area contributed by atoms with Crippen LogP contribution in [0.3, 0.4) is 0 Å². The Morgan fingerprint density at radius 1 is 1.40 bits per heavy atom. The second-order valence-corrected chi connectivity index (χ2v) is 7.01. The molecule has 2 N–H and O–H groups in total. The number of anilines is 2. The van der Waals surface area contributed by atoms with Gasteiger partial charge in [0.2, 0.25) is 0 Å². The highest BCUT2D eigenvalue weighted by atomic mass is 35.5. The van der Waals surface area contributed by atoms with E-state index in [0.717, 1.165) is 36.4 Å². The van der Waals surface area contributed by atoms with E-state index in [2.05, 4.69) is 27.7 Å². The van der Waals surface area contributed by atoms with Gasteiger partial charge in [0, 0.05) is 31.6 Å². The second-order valence-electron chi connectivity index (χ2n) is 6.60. The van der Waals surface area contributed by atoms with Crippen molar-refractivity contribution in [3.8, 4) is 6.07 Å². The van der Waals surface area contributed by atoms with E-state index in [1.54, 1.807) is 12.1 Å². The predicted octanol–water partition coefficient (Wildman–Crippen LogP) is 3.69. The maximum atomic E-state index is 13.5. The van der Waals surface area contributed by atoms with Gasteiger partial charge in [-0.3, -0.25) is 0 Å². The van der Waals surface area contributed by atoms with Crippen molar-refractivity contribution in [3.05, 3.63) is 58.4 Å². The summed E-state index contributed by atoms with van der Waals surface area (Å²) in [6, 6.07) is 12.9. The van der Waals surface area contributed by atoms with E-state index in [-0.39, 0.29) is 16.6 Å². The number of likely N-dealkylation sites (N-methyl/N-ethyl adjacent to an activating group) is 1. The standard InChI is InChI=1S/C19H18ClFN4/c1-25-18-12(10-22)3-2-4-14(18)15-11-23-8-7-19(15,25)24-13-5-6-17(21)16(20)9-13/h2-6,9,15,23-24H,7-8,11H2,1H3/t15-,19-/m0/s1. The molecule has 2 aliphatic rings. The normalized spacial score (nSPS) is 24.4. The molecule has 2 heterocycles. The fraction of sp³-hybridized carbons (Fsp3) is 0.316.